The van der Waals surface area contributed by atoms with Crippen molar-refractivity contribution in [2.45, 2.75) is 0 Å². The average molecular weight is 341 g/mol. The van der Waals surface area contributed by atoms with Crippen LogP contribution in [-0.4, -0.2) is 15.8 Å². The van der Waals surface area contributed by atoms with Crippen LogP contribution in [0, 0.1) is 0 Å². The van der Waals surface area contributed by atoms with E-state index >= 15 is 0 Å². The number of aromatic nitrogens is 2. The Labute approximate surface area is 150 Å². The molecule has 126 valence electrons. The van der Waals surface area contributed by atoms with Gasteiger partial charge in [-0.3, -0.25) is 9.78 Å². The van der Waals surface area contributed by atoms with E-state index in [0.29, 0.717) is 11.6 Å². The van der Waals surface area contributed by atoms with Crippen molar-refractivity contribution in [1.29, 1.82) is 0 Å². The van der Waals surface area contributed by atoms with Gasteiger partial charge in [0.2, 0.25) is 0 Å². The number of nitrogens with zero attached hydrogens (tertiary/aromatic N) is 2. The van der Waals surface area contributed by atoms with Gasteiger partial charge in [0.1, 0.15) is 5.52 Å². The second-order valence-corrected chi connectivity index (χ2v) is 5.64. The summed E-state index contributed by atoms with van der Waals surface area (Å²) < 4.78 is 5.63. The Hall–Kier alpha value is -3.73. The van der Waals surface area contributed by atoms with Crippen LogP contribution in [0.25, 0.3) is 17.2 Å². The van der Waals surface area contributed by atoms with Crippen molar-refractivity contribution in [3.05, 3.63) is 90.3 Å². The molecule has 0 fully saturated rings. The minimum atomic E-state index is -0.0796. The molecule has 0 saturated carbocycles. The van der Waals surface area contributed by atoms with Gasteiger partial charge in [0, 0.05) is 17.4 Å². The van der Waals surface area contributed by atoms with Crippen LogP contribution in [0.5, 0.6) is 0 Å². The van der Waals surface area contributed by atoms with Crippen LogP contribution in [0.1, 0.15) is 16.1 Å². The minimum absolute atomic E-state index is 0.0796. The number of hydrogen-bond acceptors (Lipinski definition) is 5. The number of fused-ring (bicyclic) bond motifs is 1. The first-order valence-electron chi connectivity index (χ1n) is 8.14. The van der Waals surface area contributed by atoms with Crippen molar-refractivity contribution in [2.75, 3.05) is 5.32 Å². The summed E-state index contributed by atoms with van der Waals surface area (Å²) in [7, 11) is 0. The fraction of sp³-hybridized carbons (Fsp3) is 0. The van der Waals surface area contributed by atoms with Crippen molar-refractivity contribution in [3.8, 4) is 0 Å². The Bertz CT molecular complexity index is 1030. The van der Waals surface area contributed by atoms with Gasteiger partial charge < -0.3 is 9.73 Å². The summed E-state index contributed by atoms with van der Waals surface area (Å²) in [6.45, 7) is 0. The van der Waals surface area contributed by atoms with Crippen LogP contribution >= 0.6 is 0 Å². The minimum Gasteiger partial charge on any atom is -0.423 e. The Morgan fingerprint density at radius 3 is 2.54 bits per heavy atom. The number of ketones is 1. The van der Waals surface area contributed by atoms with Crippen LogP contribution < -0.4 is 5.32 Å². The number of benzene rings is 2. The molecule has 0 saturated heterocycles. The molecule has 5 nitrogen and oxygen atoms in total. The summed E-state index contributed by atoms with van der Waals surface area (Å²) in [5.74, 6) is -0.0796. The fourth-order valence-electron chi connectivity index (χ4n) is 2.50. The second kappa shape index (κ2) is 7.03. The Balaban J connectivity index is 1.46. The van der Waals surface area contributed by atoms with E-state index in [1.54, 1.807) is 24.4 Å². The summed E-state index contributed by atoms with van der Waals surface area (Å²) in [6.07, 6.45) is 4.91. The molecule has 4 rings (SSSR count). The maximum Gasteiger partial charge on any atom is 0.300 e. The van der Waals surface area contributed by atoms with Gasteiger partial charge in [0.25, 0.3) is 6.01 Å². The lowest BCUT2D eigenvalue weighted by Gasteiger charge is -2.02. The number of oxazole rings is 1. The van der Waals surface area contributed by atoms with Crippen molar-refractivity contribution in [3.63, 3.8) is 0 Å². The molecule has 4 aromatic rings. The molecule has 0 aliphatic heterocycles. The molecule has 0 aliphatic rings. The topological polar surface area (TPSA) is 68.0 Å². The number of anilines is 2. The molecule has 0 amide bonds. The summed E-state index contributed by atoms with van der Waals surface area (Å²) in [5.41, 5.74) is 3.65. The zero-order valence-corrected chi connectivity index (χ0v) is 13.8. The standard InChI is InChI=1S/C21H15N3O2/c25-19(13-12-16-5-3-4-14-22-16)15-8-10-17(11-9-15)23-21-24-18-6-1-2-7-20(18)26-21/h1-14H,(H,23,24)/b13-12+. The summed E-state index contributed by atoms with van der Waals surface area (Å²) >= 11 is 0. The van der Waals surface area contributed by atoms with Gasteiger partial charge in [-0.25, -0.2) is 0 Å². The summed E-state index contributed by atoms with van der Waals surface area (Å²) in [6, 6.07) is 20.7. The Morgan fingerprint density at radius 2 is 1.77 bits per heavy atom. The highest BCUT2D eigenvalue weighted by atomic mass is 16.4. The third-order valence-electron chi connectivity index (χ3n) is 3.81. The Morgan fingerprint density at radius 1 is 0.962 bits per heavy atom. The number of pyridine rings is 1. The first-order valence-corrected chi connectivity index (χ1v) is 8.14. The van der Waals surface area contributed by atoms with Crippen molar-refractivity contribution < 1.29 is 9.21 Å². The van der Waals surface area contributed by atoms with Gasteiger partial charge in [-0.2, -0.15) is 4.98 Å². The van der Waals surface area contributed by atoms with Gasteiger partial charge in [0.15, 0.2) is 11.4 Å². The van der Waals surface area contributed by atoms with Crippen molar-refractivity contribution in [1.82, 2.24) is 9.97 Å². The number of nitrogens with one attached hydrogen (secondary N) is 1. The number of carbonyl (C=O) groups is 1. The maximum atomic E-state index is 12.2. The van der Waals surface area contributed by atoms with Gasteiger partial charge in [0.05, 0.1) is 5.69 Å². The van der Waals surface area contributed by atoms with Crippen LogP contribution in [0.4, 0.5) is 11.7 Å². The molecule has 0 radical (unpaired) electrons. The van der Waals surface area contributed by atoms with Crippen molar-refractivity contribution >= 4 is 34.7 Å². The van der Waals surface area contributed by atoms with E-state index in [-0.39, 0.29) is 5.78 Å². The highest BCUT2D eigenvalue weighted by molar-refractivity contribution is 6.06. The van der Waals surface area contributed by atoms with Crippen LogP contribution in [0.2, 0.25) is 0 Å². The number of rotatable bonds is 5. The molecule has 0 aliphatic carbocycles. The van der Waals surface area contributed by atoms with E-state index in [1.165, 1.54) is 6.08 Å². The molecule has 0 bridgehead atoms. The lowest BCUT2D eigenvalue weighted by atomic mass is 10.1. The molecule has 2 heterocycles. The lowest BCUT2D eigenvalue weighted by molar-refractivity contribution is 0.104. The highest BCUT2D eigenvalue weighted by Gasteiger charge is 2.06. The van der Waals surface area contributed by atoms with E-state index in [1.807, 2.05) is 54.6 Å². The smallest absolute Gasteiger partial charge is 0.300 e. The van der Waals surface area contributed by atoms with E-state index in [0.717, 1.165) is 22.5 Å². The van der Waals surface area contributed by atoms with E-state index < -0.39 is 0 Å². The number of carbonyl (C=O) groups excluding carboxylic acids is 1. The molecular weight excluding hydrogens is 326 g/mol. The highest BCUT2D eigenvalue weighted by Crippen LogP contribution is 2.22. The Kier molecular flexibility index (Phi) is 4.26. The molecule has 0 atom stereocenters. The third-order valence-corrected chi connectivity index (χ3v) is 3.81. The summed E-state index contributed by atoms with van der Waals surface area (Å²) in [5, 5.41) is 3.10. The number of allylic oxidation sites excluding steroid dienone is 1. The first kappa shape index (κ1) is 15.8. The van der Waals surface area contributed by atoms with Crippen LogP contribution in [-0.2, 0) is 0 Å². The predicted octanol–water partition coefficient (Wildman–Crippen LogP) is 4.86. The van der Waals surface area contributed by atoms with Gasteiger partial charge >= 0.3 is 0 Å². The third kappa shape index (κ3) is 3.52. The first-order chi connectivity index (χ1) is 12.8. The van der Waals surface area contributed by atoms with Crippen LogP contribution in [0.3, 0.4) is 0 Å². The second-order valence-electron chi connectivity index (χ2n) is 5.64. The predicted molar refractivity (Wildman–Crippen MR) is 101 cm³/mol. The largest absolute Gasteiger partial charge is 0.423 e. The quantitative estimate of drug-likeness (QED) is 0.414. The monoisotopic (exact) mass is 341 g/mol. The molecule has 1 N–H and O–H groups in total. The maximum absolute atomic E-state index is 12.2. The molecule has 2 aromatic carbocycles. The van der Waals surface area contributed by atoms with Crippen molar-refractivity contribution in [2.24, 2.45) is 0 Å². The van der Waals surface area contributed by atoms with Gasteiger partial charge in [-0.15, -0.1) is 0 Å². The zero-order chi connectivity index (χ0) is 17.8. The zero-order valence-electron chi connectivity index (χ0n) is 13.8. The van der Waals surface area contributed by atoms with Crippen LogP contribution in [0.15, 0.2) is 83.4 Å². The molecule has 0 unspecified atom stereocenters. The normalized spacial score (nSPS) is 11.1. The molecule has 5 heteroatoms. The number of hydrogen-bond donors (Lipinski definition) is 1. The molecular formula is C21H15N3O2. The van der Waals surface area contributed by atoms with Gasteiger partial charge in [-0.05, 0) is 60.7 Å². The van der Waals surface area contributed by atoms with Gasteiger partial charge in [-0.1, -0.05) is 18.2 Å². The SMILES string of the molecule is O=C(/C=C/c1ccccn1)c1ccc(Nc2nc3ccccc3o2)cc1. The van der Waals surface area contributed by atoms with E-state index in [4.69, 9.17) is 4.42 Å². The molecule has 0 spiro atoms. The summed E-state index contributed by atoms with van der Waals surface area (Å²) in [4.78, 5) is 20.8. The molecule has 2 aromatic heterocycles. The fourth-order valence-corrected chi connectivity index (χ4v) is 2.50. The number of para-hydroxylation sites is 2. The van der Waals surface area contributed by atoms with E-state index in [9.17, 15) is 4.79 Å². The van der Waals surface area contributed by atoms with E-state index in [2.05, 4.69) is 15.3 Å². The molecule has 26 heavy (non-hydrogen) atoms. The average Bonchev–Trinajstić information content (AvgIpc) is 3.10. The lowest BCUT2D eigenvalue weighted by Crippen LogP contribution is -1.96.